The van der Waals surface area contributed by atoms with E-state index < -0.39 is 11.1 Å². The Morgan fingerprint density at radius 2 is 1.16 bits per heavy atom. The quantitative estimate of drug-likeness (QED) is 0.354. The number of thiocarbonyl (C=S) groups is 2. The van der Waals surface area contributed by atoms with Crippen molar-refractivity contribution < 1.29 is 9.59 Å². The maximum Gasteiger partial charge on any atom is 0.252 e. The van der Waals surface area contributed by atoms with E-state index in [1.165, 1.54) is 33.3 Å². The van der Waals surface area contributed by atoms with Gasteiger partial charge in [0.05, 0.1) is 0 Å². The van der Waals surface area contributed by atoms with E-state index in [0.29, 0.717) is 33.2 Å². The van der Waals surface area contributed by atoms with Crippen LogP contribution in [0.4, 0.5) is 0 Å². The average molecular weight is 505 g/mol. The summed E-state index contributed by atoms with van der Waals surface area (Å²) in [4.78, 5) is 27.5. The topological polar surface area (TPSA) is 160 Å². The number of amides is 2. The number of hydrogen-bond acceptors (Lipinski definition) is 12. The summed E-state index contributed by atoms with van der Waals surface area (Å²) in [5.74, 6) is 0.667. The van der Waals surface area contributed by atoms with Crippen LogP contribution in [0.5, 0.6) is 0 Å². The van der Waals surface area contributed by atoms with Crippen molar-refractivity contribution in [1.82, 2.24) is 9.80 Å². The lowest BCUT2D eigenvalue weighted by atomic mass is 9.96. The number of carbonyl (C=O) groups is 2. The molecule has 0 aliphatic carbocycles. The number of nitriles is 4. The Morgan fingerprint density at radius 1 is 0.812 bits per heavy atom. The maximum atomic E-state index is 12.4. The van der Waals surface area contributed by atoms with Gasteiger partial charge in [-0.05, 0) is 0 Å². The summed E-state index contributed by atoms with van der Waals surface area (Å²) in [5.41, 5.74) is -4.11. The van der Waals surface area contributed by atoms with Gasteiger partial charge >= 0.3 is 0 Å². The number of azo groups is 1. The summed E-state index contributed by atoms with van der Waals surface area (Å²) in [6, 6.07) is 6.86. The lowest BCUT2D eigenvalue weighted by Gasteiger charge is -2.19. The highest BCUT2D eigenvalue weighted by molar-refractivity contribution is 8.23. The number of thioether (sulfide) groups is 2. The first kappa shape index (κ1) is 25.6. The molecule has 2 heterocycles. The molecule has 0 aromatic heterocycles. The van der Waals surface area contributed by atoms with Crippen LogP contribution < -0.4 is 0 Å². The summed E-state index contributed by atoms with van der Waals surface area (Å²) < 4.78 is 0.870. The summed E-state index contributed by atoms with van der Waals surface area (Å²) in [6.07, 6.45) is -0.931. The van der Waals surface area contributed by atoms with E-state index in [2.05, 4.69) is 10.2 Å². The summed E-state index contributed by atoms with van der Waals surface area (Å²) in [7, 11) is 0. The van der Waals surface area contributed by atoms with E-state index in [9.17, 15) is 30.6 Å². The molecule has 0 aromatic rings. The minimum Gasteiger partial charge on any atom is -0.297 e. The molecular formula is C18H16N8O2S4. The lowest BCUT2D eigenvalue weighted by molar-refractivity contribution is -0.127. The normalized spacial score (nSPS) is 16.5. The zero-order valence-corrected chi connectivity index (χ0v) is 20.0. The number of hydrogen-bond donors (Lipinski definition) is 0. The third-order valence-electron chi connectivity index (χ3n) is 4.66. The molecule has 164 valence electrons. The molecular weight excluding hydrogens is 489 g/mol. The largest absolute Gasteiger partial charge is 0.297 e. The SMILES string of the molecule is N#CC(C#N)(CCC(=O)N1CCSC1=S)N=NC(C#N)(C#N)CCC(=O)N1CCSC1=S. The fourth-order valence-corrected chi connectivity index (χ4v) is 5.20. The summed E-state index contributed by atoms with van der Waals surface area (Å²) >= 11 is 12.9. The van der Waals surface area contributed by atoms with E-state index in [0.717, 1.165) is 0 Å². The molecule has 32 heavy (non-hydrogen) atoms. The first-order chi connectivity index (χ1) is 15.2. The van der Waals surface area contributed by atoms with Crippen molar-refractivity contribution >= 4 is 68.4 Å². The number of carbonyl (C=O) groups excluding carboxylic acids is 2. The lowest BCUT2D eigenvalue weighted by Crippen LogP contribution is -2.34. The Balaban J connectivity index is 2.10. The Labute approximate surface area is 204 Å². The van der Waals surface area contributed by atoms with Gasteiger partial charge < -0.3 is 0 Å². The van der Waals surface area contributed by atoms with Crippen LogP contribution in [0.3, 0.4) is 0 Å². The molecule has 0 radical (unpaired) electrons. The van der Waals surface area contributed by atoms with Gasteiger partial charge in [0.2, 0.25) is 11.8 Å². The predicted octanol–water partition coefficient (Wildman–Crippen LogP) is 2.29. The third-order valence-corrected chi connectivity index (χ3v) is 7.51. The molecule has 2 aliphatic heterocycles. The Kier molecular flexibility index (Phi) is 9.06. The van der Waals surface area contributed by atoms with Crippen molar-refractivity contribution in [1.29, 1.82) is 21.0 Å². The first-order valence-corrected chi connectivity index (χ1v) is 12.1. The van der Waals surface area contributed by atoms with Crippen LogP contribution in [0, 0.1) is 45.3 Å². The van der Waals surface area contributed by atoms with Crippen molar-refractivity contribution in [2.45, 2.75) is 36.8 Å². The zero-order valence-electron chi connectivity index (χ0n) is 16.7. The second-order valence-electron chi connectivity index (χ2n) is 6.69. The number of nitrogens with zero attached hydrogens (tertiary/aromatic N) is 8. The van der Waals surface area contributed by atoms with Gasteiger partial charge in [0, 0.05) is 50.3 Å². The molecule has 2 aliphatic rings. The van der Waals surface area contributed by atoms with Crippen LogP contribution in [0.15, 0.2) is 10.2 Å². The van der Waals surface area contributed by atoms with Gasteiger partial charge in [0.1, 0.15) is 32.9 Å². The van der Waals surface area contributed by atoms with E-state index in [1.54, 1.807) is 24.3 Å². The molecule has 10 nitrogen and oxygen atoms in total. The van der Waals surface area contributed by atoms with Gasteiger partial charge in [-0.3, -0.25) is 19.4 Å². The van der Waals surface area contributed by atoms with Crippen LogP contribution in [0.25, 0.3) is 0 Å². The third kappa shape index (κ3) is 5.99. The van der Waals surface area contributed by atoms with Crippen LogP contribution in [-0.2, 0) is 9.59 Å². The number of rotatable bonds is 8. The highest BCUT2D eigenvalue weighted by atomic mass is 32.2. The van der Waals surface area contributed by atoms with E-state index >= 15 is 0 Å². The molecule has 2 fully saturated rings. The van der Waals surface area contributed by atoms with Crippen LogP contribution in [0.2, 0.25) is 0 Å². The molecule has 0 N–H and O–H groups in total. The molecule has 0 saturated carbocycles. The molecule has 2 saturated heterocycles. The summed E-state index contributed by atoms with van der Waals surface area (Å²) in [6.45, 7) is 0.907. The van der Waals surface area contributed by atoms with Gasteiger partial charge in [-0.15, -0.1) is 0 Å². The highest BCUT2D eigenvalue weighted by Crippen LogP contribution is 2.26. The fraction of sp³-hybridized carbons (Fsp3) is 0.556. The van der Waals surface area contributed by atoms with Crippen molar-refractivity contribution in [3.8, 4) is 24.3 Å². The molecule has 14 heteroatoms. The first-order valence-electron chi connectivity index (χ1n) is 9.28. The van der Waals surface area contributed by atoms with Gasteiger partial charge in [0.15, 0.2) is 0 Å². The molecule has 0 bridgehead atoms. The van der Waals surface area contributed by atoms with Crippen molar-refractivity contribution in [2.75, 3.05) is 24.6 Å². The van der Waals surface area contributed by atoms with Crippen molar-refractivity contribution in [3.05, 3.63) is 0 Å². The van der Waals surface area contributed by atoms with Crippen molar-refractivity contribution in [3.63, 3.8) is 0 Å². The van der Waals surface area contributed by atoms with Crippen LogP contribution in [-0.4, -0.2) is 65.9 Å². The Hall–Kier alpha value is -2.62. The average Bonchev–Trinajstić information content (AvgIpc) is 3.44. The van der Waals surface area contributed by atoms with Crippen LogP contribution in [0.1, 0.15) is 25.7 Å². The molecule has 2 amide bonds. The standard InChI is InChI=1S/C18H16N8O2S4/c19-9-17(10-20,3-1-13(27)25-5-7-31-15(25)29)23-24-18(11-21,12-22)4-2-14(28)26-6-8-32-16(26)30/h1-8H2. The second kappa shape index (κ2) is 11.3. The molecule has 0 spiro atoms. The smallest absolute Gasteiger partial charge is 0.252 e. The fourth-order valence-electron chi connectivity index (χ4n) is 2.72. The predicted molar refractivity (Wildman–Crippen MR) is 125 cm³/mol. The van der Waals surface area contributed by atoms with E-state index in [4.69, 9.17) is 24.4 Å². The Morgan fingerprint density at radius 3 is 1.41 bits per heavy atom. The van der Waals surface area contributed by atoms with E-state index in [-0.39, 0.29) is 37.5 Å². The van der Waals surface area contributed by atoms with Gasteiger partial charge in [-0.1, -0.05) is 48.0 Å². The van der Waals surface area contributed by atoms with Gasteiger partial charge in [-0.2, -0.15) is 31.3 Å². The maximum absolute atomic E-state index is 12.4. The molecule has 0 aromatic carbocycles. The van der Waals surface area contributed by atoms with Crippen molar-refractivity contribution in [2.24, 2.45) is 10.2 Å². The van der Waals surface area contributed by atoms with Gasteiger partial charge in [0.25, 0.3) is 11.1 Å². The summed E-state index contributed by atoms with van der Waals surface area (Å²) in [5, 5.41) is 45.5. The van der Waals surface area contributed by atoms with E-state index in [1.807, 2.05) is 0 Å². The highest BCUT2D eigenvalue weighted by Gasteiger charge is 2.37. The van der Waals surface area contributed by atoms with Crippen LogP contribution >= 0.6 is 48.0 Å². The minimum atomic E-state index is -2.06. The molecule has 0 atom stereocenters. The monoisotopic (exact) mass is 504 g/mol. The minimum absolute atomic E-state index is 0.185. The molecule has 0 unspecified atom stereocenters. The Bertz CT molecular complexity index is 908. The second-order valence-corrected chi connectivity index (χ2v) is 10.1. The van der Waals surface area contributed by atoms with Gasteiger partial charge in [-0.25, -0.2) is 0 Å². The molecule has 2 rings (SSSR count). The zero-order chi connectivity index (χ0) is 23.8.